The molecular weight excluding hydrogens is 319 g/mol. The third-order valence-corrected chi connectivity index (χ3v) is 4.12. The Hall–Kier alpha value is -2.50. The molecule has 126 valence electrons. The Morgan fingerprint density at radius 3 is 2.62 bits per heavy atom. The SMILES string of the molecule is O=C(Cc1ccccc1O)NC1CC1c1cccc(C(F)(F)F)c1. The number of nitrogens with one attached hydrogen (secondary N) is 1. The zero-order valence-electron chi connectivity index (χ0n) is 12.7. The van der Waals surface area contributed by atoms with Crippen molar-refractivity contribution in [1.29, 1.82) is 0 Å². The topological polar surface area (TPSA) is 49.3 Å². The van der Waals surface area contributed by atoms with Gasteiger partial charge in [-0.1, -0.05) is 36.4 Å². The summed E-state index contributed by atoms with van der Waals surface area (Å²) in [5.41, 5.74) is 0.426. The van der Waals surface area contributed by atoms with Gasteiger partial charge in [-0.3, -0.25) is 4.79 Å². The van der Waals surface area contributed by atoms with E-state index in [1.54, 1.807) is 24.3 Å². The zero-order valence-corrected chi connectivity index (χ0v) is 12.7. The molecule has 1 aliphatic rings. The third-order valence-electron chi connectivity index (χ3n) is 4.12. The lowest BCUT2D eigenvalue weighted by Crippen LogP contribution is -2.28. The Labute approximate surface area is 137 Å². The Bertz CT molecular complexity index is 758. The summed E-state index contributed by atoms with van der Waals surface area (Å²) >= 11 is 0. The van der Waals surface area contributed by atoms with Gasteiger partial charge < -0.3 is 10.4 Å². The Morgan fingerprint density at radius 2 is 1.92 bits per heavy atom. The van der Waals surface area contributed by atoms with Gasteiger partial charge in [-0.25, -0.2) is 0 Å². The van der Waals surface area contributed by atoms with Gasteiger partial charge in [0.25, 0.3) is 0 Å². The number of carbonyl (C=O) groups excluding carboxylic acids is 1. The molecule has 1 aliphatic carbocycles. The van der Waals surface area contributed by atoms with E-state index in [4.69, 9.17) is 0 Å². The van der Waals surface area contributed by atoms with Crippen LogP contribution in [0.2, 0.25) is 0 Å². The number of para-hydroxylation sites is 1. The summed E-state index contributed by atoms with van der Waals surface area (Å²) in [5, 5.41) is 12.5. The number of alkyl halides is 3. The fourth-order valence-electron chi connectivity index (χ4n) is 2.76. The molecule has 0 aliphatic heterocycles. The molecule has 1 saturated carbocycles. The largest absolute Gasteiger partial charge is 0.508 e. The molecule has 24 heavy (non-hydrogen) atoms. The molecule has 0 saturated heterocycles. The predicted octanol–water partition coefficient (Wildman–Crippen LogP) is 3.63. The second-order valence-electron chi connectivity index (χ2n) is 5.94. The summed E-state index contributed by atoms with van der Waals surface area (Å²) in [7, 11) is 0. The van der Waals surface area contributed by atoms with Crippen LogP contribution in [0.4, 0.5) is 13.2 Å². The minimum absolute atomic E-state index is 0.0402. The van der Waals surface area contributed by atoms with Crippen LogP contribution in [-0.2, 0) is 17.4 Å². The van der Waals surface area contributed by atoms with E-state index < -0.39 is 11.7 Å². The Kier molecular flexibility index (Phi) is 4.22. The van der Waals surface area contributed by atoms with Crippen LogP contribution in [-0.4, -0.2) is 17.1 Å². The van der Waals surface area contributed by atoms with Crippen molar-refractivity contribution in [3.8, 4) is 5.75 Å². The average molecular weight is 335 g/mol. The van der Waals surface area contributed by atoms with Gasteiger partial charge in [0, 0.05) is 17.5 Å². The standard InChI is InChI=1S/C18H16F3NO2/c19-18(20,21)13-6-3-5-11(8-13)14-10-15(14)22-17(24)9-12-4-1-2-7-16(12)23/h1-8,14-15,23H,9-10H2,(H,22,24). The third kappa shape index (κ3) is 3.69. The summed E-state index contributed by atoms with van der Waals surface area (Å²) in [6, 6.07) is 11.6. The van der Waals surface area contributed by atoms with Crippen LogP contribution in [0.5, 0.6) is 5.75 Å². The van der Waals surface area contributed by atoms with E-state index in [1.165, 1.54) is 12.1 Å². The molecule has 3 nitrogen and oxygen atoms in total. The van der Waals surface area contributed by atoms with Crippen LogP contribution in [0.3, 0.4) is 0 Å². The van der Waals surface area contributed by atoms with Gasteiger partial charge in [0.2, 0.25) is 5.91 Å². The molecule has 2 unspecified atom stereocenters. The minimum Gasteiger partial charge on any atom is -0.508 e. The highest BCUT2D eigenvalue weighted by Gasteiger charge is 2.40. The number of hydrogen-bond acceptors (Lipinski definition) is 2. The quantitative estimate of drug-likeness (QED) is 0.896. The van der Waals surface area contributed by atoms with Crippen LogP contribution in [0, 0.1) is 0 Å². The van der Waals surface area contributed by atoms with Crippen LogP contribution >= 0.6 is 0 Å². The van der Waals surface area contributed by atoms with Gasteiger partial charge in [-0.05, 0) is 24.1 Å². The first kappa shape index (κ1) is 16.4. The normalized spacial score (nSPS) is 19.8. The first-order valence-electron chi connectivity index (χ1n) is 7.58. The van der Waals surface area contributed by atoms with Crippen molar-refractivity contribution in [2.24, 2.45) is 0 Å². The van der Waals surface area contributed by atoms with E-state index in [2.05, 4.69) is 5.32 Å². The lowest BCUT2D eigenvalue weighted by molar-refractivity contribution is -0.137. The van der Waals surface area contributed by atoms with E-state index in [-0.39, 0.29) is 30.0 Å². The van der Waals surface area contributed by atoms with Crippen LogP contribution in [0.25, 0.3) is 0 Å². The number of halogens is 3. The molecule has 0 bridgehead atoms. The van der Waals surface area contributed by atoms with E-state index in [0.717, 1.165) is 12.1 Å². The predicted molar refractivity (Wildman–Crippen MR) is 82.5 cm³/mol. The monoisotopic (exact) mass is 335 g/mol. The van der Waals surface area contributed by atoms with Crippen molar-refractivity contribution in [3.63, 3.8) is 0 Å². The van der Waals surface area contributed by atoms with Gasteiger partial charge in [-0.2, -0.15) is 13.2 Å². The number of carbonyl (C=O) groups is 1. The fourth-order valence-corrected chi connectivity index (χ4v) is 2.76. The van der Waals surface area contributed by atoms with Gasteiger partial charge in [0.15, 0.2) is 0 Å². The number of amides is 1. The van der Waals surface area contributed by atoms with Crippen molar-refractivity contribution in [2.75, 3.05) is 0 Å². The Balaban J connectivity index is 1.60. The van der Waals surface area contributed by atoms with Gasteiger partial charge >= 0.3 is 6.18 Å². The van der Waals surface area contributed by atoms with E-state index in [0.29, 0.717) is 17.5 Å². The number of hydrogen-bond donors (Lipinski definition) is 2. The minimum atomic E-state index is -4.37. The smallest absolute Gasteiger partial charge is 0.416 e. The van der Waals surface area contributed by atoms with Crippen LogP contribution in [0.1, 0.15) is 29.0 Å². The highest BCUT2D eigenvalue weighted by molar-refractivity contribution is 5.80. The molecule has 6 heteroatoms. The van der Waals surface area contributed by atoms with Gasteiger partial charge in [0.1, 0.15) is 5.75 Å². The number of phenols is 1. The summed E-state index contributed by atoms with van der Waals surface area (Å²) in [6.07, 6.45) is -3.71. The van der Waals surface area contributed by atoms with Gasteiger partial charge in [0.05, 0.1) is 12.0 Å². The first-order chi connectivity index (χ1) is 11.3. The summed E-state index contributed by atoms with van der Waals surface area (Å²) in [5.74, 6) is -0.297. The lowest BCUT2D eigenvalue weighted by Gasteiger charge is -2.09. The fraction of sp³-hybridized carbons (Fsp3) is 0.278. The van der Waals surface area contributed by atoms with Gasteiger partial charge in [-0.15, -0.1) is 0 Å². The second kappa shape index (κ2) is 6.19. The highest BCUT2D eigenvalue weighted by atomic mass is 19.4. The number of benzene rings is 2. The second-order valence-corrected chi connectivity index (χ2v) is 5.94. The van der Waals surface area contributed by atoms with E-state index in [1.807, 2.05) is 0 Å². The number of aromatic hydroxyl groups is 1. The van der Waals surface area contributed by atoms with Crippen molar-refractivity contribution < 1.29 is 23.1 Å². The molecule has 2 aromatic rings. The molecule has 0 aromatic heterocycles. The van der Waals surface area contributed by atoms with E-state index in [9.17, 15) is 23.1 Å². The van der Waals surface area contributed by atoms with Crippen molar-refractivity contribution >= 4 is 5.91 Å². The summed E-state index contributed by atoms with van der Waals surface area (Å²) < 4.78 is 38.2. The average Bonchev–Trinajstić information content (AvgIpc) is 3.28. The maximum Gasteiger partial charge on any atom is 0.416 e. The molecule has 0 spiro atoms. The van der Waals surface area contributed by atoms with Crippen molar-refractivity contribution in [1.82, 2.24) is 5.32 Å². The molecule has 2 N–H and O–H groups in total. The maximum absolute atomic E-state index is 12.7. The molecular formula is C18H16F3NO2. The first-order valence-corrected chi connectivity index (χ1v) is 7.58. The number of rotatable bonds is 4. The Morgan fingerprint density at radius 1 is 1.17 bits per heavy atom. The molecule has 1 fully saturated rings. The molecule has 2 atom stereocenters. The number of phenolic OH excluding ortho intramolecular Hbond substituents is 1. The maximum atomic E-state index is 12.7. The molecule has 0 heterocycles. The lowest BCUT2D eigenvalue weighted by atomic mass is 10.1. The summed E-state index contributed by atoms with van der Waals surface area (Å²) in [4.78, 5) is 12.0. The zero-order chi connectivity index (χ0) is 17.3. The molecule has 3 rings (SSSR count). The van der Waals surface area contributed by atoms with Crippen LogP contribution < -0.4 is 5.32 Å². The molecule has 2 aromatic carbocycles. The van der Waals surface area contributed by atoms with Crippen LogP contribution in [0.15, 0.2) is 48.5 Å². The molecule has 0 radical (unpaired) electrons. The highest BCUT2D eigenvalue weighted by Crippen LogP contribution is 2.42. The van der Waals surface area contributed by atoms with Crippen molar-refractivity contribution in [3.05, 3.63) is 65.2 Å². The summed E-state index contributed by atoms with van der Waals surface area (Å²) in [6.45, 7) is 0. The van der Waals surface area contributed by atoms with Crippen molar-refractivity contribution in [2.45, 2.75) is 31.0 Å². The molecule has 1 amide bonds. The van der Waals surface area contributed by atoms with E-state index >= 15 is 0 Å².